The normalized spacial score (nSPS) is 13.8. The highest BCUT2D eigenvalue weighted by molar-refractivity contribution is 6.00. The number of aromatic amines is 1. The maximum atomic E-state index is 13.2. The number of nitrogens with zero attached hydrogens (tertiary/aromatic N) is 5. The molecule has 38 heavy (non-hydrogen) atoms. The second-order valence-corrected chi connectivity index (χ2v) is 8.83. The van der Waals surface area contributed by atoms with E-state index in [0.29, 0.717) is 17.3 Å². The highest BCUT2D eigenvalue weighted by Crippen LogP contribution is 2.31. The van der Waals surface area contributed by atoms with E-state index >= 15 is 0 Å². The molecule has 1 aliphatic rings. The third-order valence-electron chi connectivity index (χ3n) is 6.30. The molecule has 0 saturated carbocycles. The lowest BCUT2D eigenvalue weighted by molar-refractivity contribution is -0.113. The number of carbonyl (C=O) groups is 1. The molecule has 9 nitrogen and oxygen atoms in total. The summed E-state index contributed by atoms with van der Waals surface area (Å²) in [6, 6.07) is 17.1. The average Bonchev–Trinajstić information content (AvgIpc) is 3.51. The van der Waals surface area contributed by atoms with Gasteiger partial charge in [-0.3, -0.25) is 9.89 Å². The average molecular weight is 540 g/mol. The molecule has 4 heterocycles. The van der Waals surface area contributed by atoms with E-state index in [1.807, 2.05) is 48.7 Å². The van der Waals surface area contributed by atoms with E-state index in [2.05, 4.69) is 25.5 Å². The molecule has 0 unspecified atom stereocenters. The number of halogens is 3. The molecule has 3 aromatic heterocycles. The van der Waals surface area contributed by atoms with Gasteiger partial charge >= 0.3 is 0 Å². The van der Waals surface area contributed by atoms with E-state index in [9.17, 15) is 13.6 Å². The second-order valence-electron chi connectivity index (χ2n) is 8.83. The monoisotopic (exact) mass is 539 g/mol. The molecule has 6 rings (SSSR count). The number of hydrogen-bond acceptors (Lipinski definition) is 5. The molecule has 1 aliphatic heterocycles. The predicted octanol–water partition coefficient (Wildman–Crippen LogP) is 4.46. The van der Waals surface area contributed by atoms with Crippen molar-refractivity contribution in [3.8, 4) is 22.5 Å². The van der Waals surface area contributed by atoms with Gasteiger partial charge in [-0.05, 0) is 35.9 Å². The number of aryl methyl sites for hydroxylation is 1. The van der Waals surface area contributed by atoms with E-state index in [-0.39, 0.29) is 17.9 Å². The third kappa shape index (κ3) is 4.93. The van der Waals surface area contributed by atoms with Crippen LogP contribution in [0, 0.1) is 0 Å². The van der Waals surface area contributed by atoms with Gasteiger partial charge < -0.3 is 20.3 Å². The first-order chi connectivity index (χ1) is 17.4. The largest absolute Gasteiger partial charge is 0.412 e. The maximum absolute atomic E-state index is 13.2. The van der Waals surface area contributed by atoms with Crippen LogP contribution in [-0.2, 0) is 7.05 Å². The zero-order chi connectivity index (χ0) is 24.9. The van der Waals surface area contributed by atoms with Crippen LogP contribution in [0.3, 0.4) is 0 Å². The number of aromatic nitrogens is 5. The first kappa shape index (κ1) is 26.7. The van der Waals surface area contributed by atoms with Crippen LogP contribution in [0.15, 0.2) is 73.2 Å². The molecule has 0 atom stereocenters. The van der Waals surface area contributed by atoms with Gasteiger partial charge in [-0.15, -0.1) is 12.4 Å². The number of rotatable bonds is 5. The Labute approximate surface area is 222 Å². The summed E-state index contributed by atoms with van der Waals surface area (Å²) < 4.78 is 28.2. The Morgan fingerprint density at radius 3 is 2.45 bits per heavy atom. The van der Waals surface area contributed by atoms with E-state index in [1.165, 1.54) is 0 Å². The van der Waals surface area contributed by atoms with E-state index in [4.69, 9.17) is 0 Å². The van der Waals surface area contributed by atoms with Gasteiger partial charge in [0.1, 0.15) is 11.5 Å². The number of amides is 1. The SMILES string of the molecule is Cl.Cn1c(C(=O)N2CC(F)(F)C2)cc2ccc(-c3nccc(Nc4ccc(-c5cn[nH]c5)cc4)n3)cc21.O. The smallest absolute Gasteiger partial charge is 0.282 e. The fourth-order valence-electron chi connectivity index (χ4n) is 4.36. The number of nitrogens with one attached hydrogen (secondary N) is 2. The number of carbonyl (C=O) groups excluding carboxylic acids is 1. The van der Waals surface area contributed by atoms with Crippen molar-refractivity contribution in [1.29, 1.82) is 0 Å². The van der Waals surface area contributed by atoms with Crippen LogP contribution >= 0.6 is 12.4 Å². The van der Waals surface area contributed by atoms with Crippen LogP contribution < -0.4 is 5.32 Å². The lowest BCUT2D eigenvalue weighted by Crippen LogP contribution is -2.58. The molecule has 5 aromatic rings. The minimum absolute atomic E-state index is 0. The van der Waals surface area contributed by atoms with Crippen molar-refractivity contribution in [1.82, 2.24) is 29.6 Å². The molecule has 12 heteroatoms. The highest BCUT2D eigenvalue weighted by Gasteiger charge is 2.46. The zero-order valence-corrected chi connectivity index (χ0v) is 21.0. The third-order valence-corrected chi connectivity index (χ3v) is 6.30. The molecule has 2 aromatic carbocycles. The lowest BCUT2D eigenvalue weighted by Gasteiger charge is -2.38. The quantitative estimate of drug-likeness (QED) is 0.341. The Balaban J connectivity index is 0.00000168. The Bertz CT molecular complexity index is 1580. The van der Waals surface area contributed by atoms with Crippen molar-refractivity contribution >= 4 is 40.7 Å². The number of alkyl halides is 2. The lowest BCUT2D eigenvalue weighted by atomic mass is 10.1. The Morgan fingerprint density at radius 2 is 1.76 bits per heavy atom. The molecule has 0 aliphatic carbocycles. The maximum Gasteiger partial charge on any atom is 0.282 e. The van der Waals surface area contributed by atoms with Crippen LogP contribution in [0.1, 0.15) is 10.5 Å². The molecule has 1 saturated heterocycles. The van der Waals surface area contributed by atoms with Gasteiger partial charge in [0.25, 0.3) is 11.8 Å². The summed E-state index contributed by atoms with van der Waals surface area (Å²) in [6.07, 6.45) is 5.29. The predicted molar refractivity (Wildman–Crippen MR) is 143 cm³/mol. The van der Waals surface area contributed by atoms with Crippen LogP contribution in [0.5, 0.6) is 0 Å². The van der Waals surface area contributed by atoms with Crippen LogP contribution in [0.2, 0.25) is 0 Å². The van der Waals surface area contributed by atoms with Crippen molar-refractivity contribution in [2.75, 3.05) is 18.4 Å². The molecule has 0 radical (unpaired) electrons. The molecule has 0 spiro atoms. The minimum atomic E-state index is -2.80. The van der Waals surface area contributed by atoms with Gasteiger partial charge in [-0.2, -0.15) is 5.10 Å². The number of benzene rings is 2. The Kier molecular flexibility index (Phi) is 7.16. The van der Waals surface area contributed by atoms with E-state index in [0.717, 1.165) is 38.2 Å². The number of fused-ring (bicyclic) bond motifs is 1. The minimum Gasteiger partial charge on any atom is -0.412 e. The zero-order valence-electron chi connectivity index (χ0n) is 20.2. The standard InChI is InChI=1S/C26H21F2N7O.ClH.H2O/c1-34-21-11-18(3-2-17(21)10-22(34)25(36)35-14-26(27,28)15-35)24-29-9-8-23(33-24)32-20-6-4-16(5-7-20)19-12-30-31-13-19;;/h2-13H,14-15H2,1H3,(H,30,31)(H,29,32,33);1H;1H2. The number of H-pyrrole nitrogens is 1. The fraction of sp³-hybridized carbons (Fsp3) is 0.154. The topological polar surface area (TPSA) is 123 Å². The van der Waals surface area contributed by atoms with Crippen molar-refractivity contribution in [2.45, 2.75) is 5.92 Å². The molecule has 1 fully saturated rings. The summed E-state index contributed by atoms with van der Waals surface area (Å²) in [6.45, 7) is -1.09. The first-order valence-electron chi connectivity index (χ1n) is 11.3. The summed E-state index contributed by atoms with van der Waals surface area (Å²) in [5.41, 5.74) is 4.87. The second kappa shape index (κ2) is 10.2. The van der Waals surface area contributed by atoms with Gasteiger partial charge in [-0.25, -0.2) is 18.7 Å². The van der Waals surface area contributed by atoms with Gasteiger partial charge in [0.15, 0.2) is 5.82 Å². The first-order valence-corrected chi connectivity index (χ1v) is 11.3. The summed E-state index contributed by atoms with van der Waals surface area (Å²) in [4.78, 5) is 22.9. The van der Waals surface area contributed by atoms with Crippen LogP contribution in [-0.4, -0.2) is 60.0 Å². The van der Waals surface area contributed by atoms with Gasteiger partial charge in [0, 0.05) is 47.2 Å². The number of anilines is 2. The summed E-state index contributed by atoms with van der Waals surface area (Å²) in [5, 5.41) is 10.9. The van der Waals surface area contributed by atoms with E-state index in [1.54, 1.807) is 36.1 Å². The Hall–Kier alpha value is -4.35. The molecule has 4 N–H and O–H groups in total. The number of hydrogen-bond donors (Lipinski definition) is 2. The molecule has 1 amide bonds. The molecule has 0 bridgehead atoms. The Morgan fingerprint density at radius 1 is 1.03 bits per heavy atom. The number of likely N-dealkylation sites (tertiary alicyclic amines) is 1. The fourth-order valence-corrected chi connectivity index (χ4v) is 4.36. The van der Waals surface area contributed by atoms with E-state index < -0.39 is 24.9 Å². The van der Waals surface area contributed by atoms with Crippen LogP contribution in [0.4, 0.5) is 20.3 Å². The van der Waals surface area contributed by atoms with Gasteiger partial charge in [0.2, 0.25) is 0 Å². The van der Waals surface area contributed by atoms with Gasteiger partial charge in [0.05, 0.1) is 19.3 Å². The van der Waals surface area contributed by atoms with Gasteiger partial charge in [-0.1, -0.05) is 24.3 Å². The molecular formula is C26H24ClF2N7O2. The molecular weight excluding hydrogens is 516 g/mol. The van der Waals surface area contributed by atoms with Crippen molar-refractivity contribution in [3.05, 3.63) is 78.9 Å². The van der Waals surface area contributed by atoms with Crippen molar-refractivity contribution in [3.63, 3.8) is 0 Å². The van der Waals surface area contributed by atoms with Crippen LogP contribution in [0.25, 0.3) is 33.4 Å². The van der Waals surface area contributed by atoms with Crippen molar-refractivity contribution < 1.29 is 19.1 Å². The summed E-state index contributed by atoms with van der Waals surface area (Å²) >= 11 is 0. The summed E-state index contributed by atoms with van der Waals surface area (Å²) in [5.74, 6) is -2.04. The highest BCUT2D eigenvalue weighted by atomic mass is 35.5. The summed E-state index contributed by atoms with van der Waals surface area (Å²) in [7, 11) is 1.75. The molecule has 196 valence electrons. The van der Waals surface area contributed by atoms with Crippen molar-refractivity contribution in [2.24, 2.45) is 7.05 Å².